The molecule has 1 aliphatic heterocycles. The number of nitrogens with zero attached hydrogens (tertiary/aromatic N) is 3. The summed E-state index contributed by atoms with van der Waals surface area (Å²) in [5.74, 6) is 0.0322. The van der Waals surface area contributed by atoms with Crippen molar-refractivity contribution in [2.24, 2.45) is 0 Å². The molecule has 22 heavy (non-hydrogen) atoms. The van der Waals surface area contributed by atoms with E-state index in [-0.39, 0.29) is 11.9 Å². The second-order valence-corrected chi connectivity index (χ2v) is 5.97. The molecule has 5 nitrogen and oxygen atoms in total. The van der Waals surface area contributed by atoms with E-state index in [1.807, 2.05) is 36.1 Å². The van der Waals surface area contributed by atoms with Gasteiger partial charge >= 0.3 is 0 Å². The van der Waals surface area contributed by atoms with E-state index in [0.717, 1.165) is 31.0 Å². The normalized spacial score (nSPS) is 18.5. The van der Waals surface area contributed by atoms with E-state index >= 15 is 0 Å². The highest BCUT2D eigenvalue weighted by atomic mass is 35.5. The molecule has 1 aliphatic rings. The van der Waals surface area contributed by atoms with Crippen LogP contribution in [0.4, 0.5) is 0 Å². The number of aromatic nitrogens is 2. The molecule has 2 heterocycles. The standard InChI is InChI=1S/C16H19ClN4O/c1-11-9-18-7-8-20(11)16(22)13-10-19-21(12(13)2)15-6-4-3-5-14(15)17/h3-6,10-11,18H,7-9H2,1-2H3. The Morgan fingerprint density at radius 2 is 2.18 bits per heavy atom. The third kappa shape index (κ3) is 2.62. The van der Waals surface area contributed by atoms with Crippen LogP contribution in [0.25, 0.3) is 5.69 Å². The zero-order valence-corrected chi connectivity index (χ0v) is 13.5. The lowest BCUT2D eigenvalue weighted by Gasteiger charge is -2.33. The lowest BCUT2D eigenvalue weighted by Crippen LogP contribution is -2.52. The third-order valence-electron chi connectivity index (χ3n) is 4.08. The number of piperazine rings is 1. The van der Waals surface area contributed by atoms with E-state index in [0.29, 0.717) is 10.6 Å². The number of rotatable bonds is 2. The first-order valence-corrected chi connectivity index (χ1v) is 7.78. The van der Waals surface area contributed by atoms with Crippen LogP contribution in [-0.2, 0) is 0 Å². The van der Waals surface area contributed by atoms with Gasteiger partial charge in [-0.25, -0.2) is 4.68 Å². The first-order chi connectivity index (χ1) is 10.6. The van der Waals surface area contributed by atoms with Crippen LogP contribution in [0.5, 0.6) is 0 Å². The number of carbonyl (C=O) groups excluding carboxylic acids is 1. The van der Waals surface area contributed by atoms with Gasteiger partial charge in [0, 0.05) is 25.7 Å². The minimum Gasteiger partial charge on any atom is -0.333 e. The molecule has 6 heteroatoms. The molecule has 1 amide bonds. The van der Waals surface area contributed by atoms with Crippen molar-refractivity contribution in [1.82, 2.24) is 20.0 Å². The highest BCUT2D eigenvalue weighted by Crippen LogP contribution is 2.23. The number of hydrogen-bond acceptors (Lipinski definition) is 3. The van der Waals surface area contributed by atoms with Crippen LogP contribution in [0, 0.1) is 6.92 Å². The second-order valence-electron chi connectivity index (χ2n) is 5.56. The second kappa shape index (κ2) is 6.10. The predicted molar refractivity (Wildman–Crippen MR) is 86.7 cm³/mol. The number of halogens is 1. The van der Waals surface area contributed by atoms with E-state index in [4.69, 9.17) is 11.6 Å². The molecule has 2 aromatic rings. The van der Waals surface area contributed by atoms with Gasteiger partial charge < -0.3 is 10.2 Å². The Hall–Kier alpha value is -1.85. The topological polar surface area (TPSA) is 50.2 Å². The molecule has 116 valence electrons. The zero-order valence-electron chi connectivity index (χ0n) is 12.7. The highest BCUT2D eigenvalue weighted by molar-refractivity contribution is 6.32. The Bertz CT molecular complexity index is 697. The van der Waals surface area contributed by atoms with Crippen molar-refractivity contribution < 1.29 is 4.79 Å². The van der Waals surface area contributed by atoms with Gasteiger partial charge in [-0.1, -0.05) is 23.7 Å². The largest absolute Gasteiger partial charge is 0.333 e. The Kier molecular flexibility index (Phi) is 4.18. The van der Waals surface area contributed by atoms with Gasteiger partial charge in [-0.2, -0.15) is 5.10 Å². The Labute approximate surface area is 134 Å². The molecule has 1 unspecified atom stereocenters. The van der Waals surface area contributed by atoms with E-state index < -0.39 is 0 Å². The molecule has 3 rings (SSSR count). The van der Waals surface area contributed by atoms with Crippen molar-refractivity contribution in [2.45, 2.75) is 19.9 Å². The maximum Gasteiger partial charge on any atom is 0.257 e. The summed E-state index contributed by atoms with van der Waals surface area (Å²) in [5, 5.41) is 8.26. The molecular formula is C16H19ClN4O. The minimum atomic E-state index is 0.0322. The summed E-state index contributed by atoms with van der Waals surface area (Å²) in [6.45, 7) is 6.32. The molecular weight excluding hydrogens is 300 g/mol. The van der Waals surface area contributed by atoms with Crippen LogP contribution in [0.1, 0.15) is 23.0 Å². The first-order valence-electron chi connectivity index (χ1n) is 7.41. The van der Waals surface area contributed by atoms with Crippen LogP contribution in [-0.4, -0.2) is 46.3 Å². The van der Waals surface area contributed by atoms with Gasteiger partial charge in [0.25, 0.3) is 5.91 Å². The van der Waals surface area contributed by atoms with Crippen molar-refractivity contribution in [3.63, 3.8) is 0 Å². The number of benzene rings is 1. The molecule has 0 spiro atoms. The molecule has 1 aromatic carbocycles. The molecule has 0 radical (unpaired) electrons. The van der Waals surface area contributed by atoms with Gasteiger partial charge in [0.2, 0.25) is 0 Å². The van der Waals surface area contributed by atoms with Gasteiger partial charge in [-0.3, -0.25) is 4.79 Å². The van der Waals surface area contributed by atoms with Crippen molar-refractivity contribution in [2.75, 3.05) is 19.6 Å². The van der Waals surface area contributed by atoms with Crippen LogP contribution >= 0.6 is 11.6 Å². The third-order valence-corrected chi connectivity index (χ3v) is 4.40. The molecule has 1 aromatic heterocycles. The summed E-state index contributed by atoms with van der Waals surface area (Å²) < 4.78 is 1.72. The SMILES string of the molecule is Cc1c(C(=O)N2CCNCC2C)cnn1-c1ccccc1Cl. The number of nitrogens with one attached hydrogen (secondary N) is 1. The van der Waals surface area contributed by atoms with E-state index in [9.17, 15) is 4.79 Å². The fraction of sp³-hybridized carbons (Fsp3) is 0.375. The van der Waals surface area contributed by atoms with Crippen molar-refractivity contribution in [1.29, 1.82) is 0 Å². The summed E-state index contributed by atoms with van der Waals surface area (Å²) in [7, 11) is 0. The van der Waals surface area contributed by atoms with Crippen LogP contribution in [0.3, 0.4) is 0 Å². The van der Waals surface area contributed by atoms with Gasteiger partial charge in [0.15, 0.2) is 0 Å². The minimum absolute atomic E-state index is 0.0322. The van der Waals surface area contributed by atoms with Crippen molar-refractivity contribution in [3.8, 4) is 5.69 Å². The predicted octanol–water partition coefficient (Wildman–Crippen LogP) is 2.27. The van der Waals surface area contributed by atoms with Gasteiger partial charge in [-0.05, 0) is 26.0 Å². The van der Waals surface area contributed by atoms with E-state index in [1.165, 1.54) is 0 Å². The molecule has 1 fully saturated rings. The van der Waals surface area contributed by atoms with Gasteiger partial charge in [-0.15, -0.1) is 0 Å². The smallest absolute Gasteiger partial charge is 0.257 e. The number of para-hydroxylation sites is 1. The first kappa shape index (κ1) is 15.1. The lowest BCUT2D eigenvalue weighted by molar-refractivity contribution is 0.0655. The Morgan fingerprint density at radius 1 is 1.41 bits per heavy atom. The fourth-order valence-corrected chi connectivity index (χ4v) is 3.00. The summed E-state index contributed by atoms with van der Waals surface area (Å²) in [6, 6.07) is 7.67. The summed E-state index contributed by atoms with van der Waals surface area (Å²) in [6.07, 6.45) is 1.63. The number of amides is 1. The zero-order chi connectivity index (χ0) is 15.7. The molecule has 1 atom stereocenters. The fourth-order valence-electron chi connectivity index (χ4n) is 2.78. The molecule has 1 saturated heterocycles. The molecule has 0 bridgehead atoms. The number of carbonyl (C=O) groups is 1. The quantitative estimate of drug-likeness (QED) is 0.924. The maximum atomic E-state index is 12.8. The molecule has 0 aliphatic carbocycles. The van der Waals surface area contributed by atoms with E-state index in [2.05, 4.69) is 17.3 Å². The molecule has 0 saturated carbocycles. The van der Waals surface area contributed by atoms with Crippen LogP contribution in [0.15, 0.2) is 30.5 Å². The van der Waals surface area contributed by atoms with Gasteiger partial charge in [0.05, 0.1) is 28.2 Å². The summed E-state index contributed by atoms with van der Waals surface area (Å²) in [5.41, 5.74) is 2.23. The Morgan fingerprint density at radius 3 is 2.91 bits per heavy atom. The van der Waals surface area contributed by atoms with Crippen molar-refractivity contribution in [3.05, 3.63) is 46.7 Å². The van der Waals surface area contributed by atoms with Crippen LogP contribution in [0.2, 0.25) is 5.02 Å². The molecule has 1 N–H and O–H groups in total. The van der Waals surface area contributed by atoms with E-state index in [1.54, 1.807) is 10.9 Å². The highest BCUT2D eigenvalue weighted by Gasteiger charge is 2.27. The average Bonchev–Trinajstić information content (AvgIpc) is 2.89. The van der Waals surface area contributed by atoms with Crippen LogP contribution < -0.4 is 5.32 Å². The summed E-state index contributed by atoms with van der Waals surface area (Å²) >= 11 is 6.23. The Balaban J connectivity index is 1.94. The monoisotopic (exact) mass is 318 g/mol. The summed E-state index contributed by atoms with van der Waals surface area (Å²) in [4.78, 5) is 14.7. The number of hydrogen-bond donors (Lipinski definition) is 1. The maximum absolute atomic E-state index is 12.8. The van der Waals surface area contributed by atoms with Gasteiger partial charge in [0.1, 0.15) is 0 Å². The lowest BCUT2D eigenvalue weighted by atomic mass is 10.1. The average molecular weight is 319 g/mol. The van der Waals surface area contributed by atoms with Crippen molar-refractivity contribution >= 4 is 17.5 Å².